The molecule has 1 amide bonds. The van der Waals surface area contributed by atoms with E-state index in [1.54, 1.807) is 0 Å². The number of thiocarbonyl (C=S) groups is 1. The van der Waals surface area contributed by atoms with Gasteiger partial charge in [0.15, 0.2) is 0 Å². The van der Waals surface area contributed by atoms with Crippen molar-refractivity contribution in [3.8, 4) is 0 Å². The number of hydrogen-bond acceptors (Lipinski definition) is 3. The number of nitrogens with two attached hydrogens (primary N) is 1. The van der Waals surface area contributed by atoms with Gasteiger partial charge in [0, 0.05) is 6.61 Å². The van der Waals surface area contributed by atoms with Gasteiger partial charge in [-0.15, -0.1) is 0 Å². The minimum absolute atomic E-state index is 0.0651. The smallest absolute Gasteiger partial charge is 0.246 e. The van der Waals surface area contributed by atoms with Crippen LogP contribution in [0, 0.1) is 0 Å². The highest BCUT2D eigenvalue weighted by molar-refractivity contribution is 7.80. The summed E-state index contributed by atoms with van der Waals surface area (Å²) >= 11 is 4.77. The third-order valence-corrected chi connectivity index (χ3v) is 1.81. The molecule has 0 aromatic rings. The van der Waals surface area contributed by atoms with Crippen molar-refractivity contribution in [3.63, 3.8) is 0 Å². The van der Waals surface area contributed by atoms with E-state index in [0.717, 1.165) is 0 Å². The van der Waals surface area contributed by atoms with E-state index in [2.05, 4.69) is 5.32 Å². The molecule has 0 aromatic carbocycles. The number of carbonyl (C=O) groups is 1. The molecular formula is C8H16N2O2S. The van der Waals surface area contributed by atoms with Crippen molar-refractivity contribution >= 4 is 23.1 Å². The van der Waals surface area contributed by atoms with Gasteiger partial charge in [0.2, 0.25) is 5.91 Å². The normalized spacial score (nSPS) is 12.2. The lowest BCUT2D eigenvalue weighted by molar-refractivity contribution is -0.125. The Labute approximate surface area is 83.8 Å². The van der Waals surface area contributed by atoms with Crippen LogP contribution in [-0.2, 0) is 9.53 Å². The summed E-state index contributed by atoms with van der Waals surface area (Å²) in [6, 6.07) is -0.219. The lowest BCUT2D eigenvalue weighted by Gasteiger charge is -2.14. The van der Waals surface area contributed by atoms with Crippen LogP contribution in [0.5, 0.6) is 0 Å². The molecule has 0 aliphatic heterocycles. The molecule has 0 saturated heterocycles. The third kappa shape index (κ3) is 5.54. The van der Waals surface area contributed by atoms with Gasteiger partial charge in [0.05, 0.1) is 11.0 Å². The highest BCUT2D eigenvalue weighted by atomic mass is 32.1. The van der Waals surface area contributed by atoms with Crippen LogP contribution in [0.25, 0.3) is 0 Å². The van der Waals surface area contributed by atoms with Gasteiger partial charge in [0.1, 0.15) is 6.61 Å². The zero-order valence-electron chi connectivity index (χ0n) is 8.00. The van der Waals surface area contributed by atoms with Crippen molar-refractivity contribution in [2.24, 2.45) is 5.73 Å². The van der Waals surface area contributed by atoms with Crippen molar-refractivity contribution in [2.75, 3.05) is 13.2 Å². The SMILES string of the molecule is CCOCC(=O)NC(CC)C(N)=S. The average Bonchev–Trinajstić information content (AvgIpc) is 2.10. The van der Waals surface area contributed by atoms with Crippen LogP contribution in [0.2, 0.25) is 0 Å². The van der Waals surface area contributed by atoms with E-state index in [9.17, 15) is 4.79 Å². The molecular weight excluding hydrogens is 188 g/mol. The Balaban J connectivity index is 3.80. The van der Waals surface area contributed by atoms with Gasteiger partial charge >= 0.3 is 0 Å². The summed E-state index contributed by atoms with van der Waals surface area (Å²) in [7, 11) is 0. The molecule has 0 saturated carbocycles. The van der Waals surface area contributed by atoms with E-state index in [0.29, 0.717) is 18.0 Å². The minimum Gasteiger partial charge on any atom is -0.392 e. The number of ether oxygens (including phenoxy) is 1. The Morgan fingerprint density at radius 1 is 1.62 bits per heavy atom. The van der Waals surface area contributed by atoms with Crippen LogP contribution >= 0.6 is 12.2 Å². The Kier molecular flexibility index (Phi) is 6.44. The molecule has 5 heteroatoms. The molecule has 0 rings (SSSR count). The van der Waals surface area contributed by atoms with Crippen LogP contribution in [-0.4, -0.2) is 30.2 Å². The van der Waals surface area contributed by atoms with Crippen LogP contribution in [0.4, 0.5) is 0 Å². The maximum Gasteiger partial charge on any atom is 0.246 e. The molecule has 0 spiro atoms. The summed E-state index contributed by atoms with van der Waals surface area (Å²) < 4.78 is 4.92. The molecule has 13 heavy (non-hydrogen) atoms. The van der Waals surface area contributed by atoms with Crippen molar-refractivity contribution < 1.29 is 9.53 Å². The van der Waals surface area contributed by atoms with E-state index in [1.165, 1.54) is 0 Å². The second-order valence-corrected chi connectivity index (χ2v) is 3.04. The molecule has 0 radical (unpaired) electrons. The highest BCUT2D eigenvalue weighted by Crippen LogP contribution is 1.91. The maximum atomic E-state index is 11.1. The second-order valence-electron chi connectivity index (χ2n) is 2.57. The Bertz CT molecular complexity index is 185. The van der Waals surface area contributed by atoms with Crippen LogP contribution in [0.3, 0.4) is 0 Å². The first kappa shape index (κ1) is 12.3. The van der Waals surface area contributed by atoms with Gasteiger partial charge in [0.25, 0.3) is 0 Å². The van der Waals surface area contributed by atoms with Crippen LogP contribution in [0.15, 0.2) is 0 Å². The van der Waals surface area contributed by atoms with Crippen LogP contribution < -0.4 is 11.1 Å². The molecule has 0 aromatic heterocycles. The number of rotatable bonds is 6. The Hall–Kier alpha value is -0.680. The van der Waals surface area contributed by atoms with E-state index in [-0.39, 0.29) is 18.6 Å². The first-order chi connectivity index (χ1) is 6.11. The molecule has 0 aliphatic rings. The third-order valence-electron chi connectivity index (χ3n) is 1.52. The van der Waals surface area contributed by atoms with Gasteiger partial charge in [-0.2, -0.15) is 0 Å². The fourth-order valence-electron chi connectivity index (χ4n) is 0.805. The molecule has 76 valence electrons. The molecule has 1 unspecified atom stereocenters. The van der Waals surface area contributed by atoms with E-state index < -0.39 is 0 Å². The van der Waals surface area contributed by atoms with Crippen molar-refractivity contribution in [1.29, 1.82) is 0 Å². The van der Waals surface area contributed by atoms with Crippen LogP contribution in [0.1, 0.15) is 20.3 Å². The predicted octanol–water partition coefficient (Wildman–Crippen LogP) is 0.204. The first-order valence-corrected chi connectivity index (χ1v) is 4.69. The zero-order chi connectivity index (χ0) is 10.3. The summed E-state index contributed by atoms with van der Waals surface area (Å²) in [5, 5.41) is 2.67. The first-order valence-electron chi connectivity index (χ1n) is 4.28. The number of nitrogens with one attached hydrogen (secondary N) is 1. The summed E-state index contributed by atoms with van der Waals surface area (Å²) in [5.41, 5.74) is 5.40. The monoisotopic (exact) mass is 204 g/mol. The van der Waals surface area contributed by atoms with Crippen molar-refractivity contribution in [3.05, 3.63) is 0 Å². The molecule has 1 atom stereocenters. The fourth-order valence-corrected chi connectivity index (χ4v) is 1.03. The fraction of sp³-hybridized carbons (Fsp3) is 0.750. The predicted molar refractivity (Wildman–Crippen MR) is 55.5 cm³/mol. The van der Waals surface area contributed by atoms with Gasteiger partial charge in [-0.3, -0.25) is 4.79 Å². The van der Waals surface area contributed by atoms with Gasteiger partial charge < -0.3 is 15.8 Å². The van der Waals surface area contributed by atoms with Gasteiger partial charge in [-0.25, -0.2) is 0 Å². The summed E-state index contributed by atoms with van der Waals surface area (Å²) in [4.78, 5) is 11.4. The number of amides is 1. The Morgan fingerprint density at radius 2 is 2.23 bits per heavy atom. The number of hydrogen-bond donors (Lipinski definition) is 2. The molecule has 0 heterocycles. The molecule has 0 fully saturated rings. The van der Waals surface area contributed by atoms with E-state index in [4.69, 9.17) is 22.7 Å². The van der Waals surface area contributed by atoms with Crippen molar-refractivity contribution in [2.45, 2.75) is 26.3 Å². The molecule has 0 bridgehead atoms. The summed E-state index contributed by atoms with van der Waals surface area (Å²) in [5.74, 6) is -0.179. The quantitative estimate of drug-likeness (QED) is 0.607. The second kappa shape index (κ2) is 6.80. The largest absolute Gasteiger partial charge is 0.392 e. The standard InChI is InChI=1S/C8H16N2O2S/c1-3-6(8(9)13)10-7(11)5-12-4-2/h6H,3-5H2,1-2H3,(H2,9,13)(H,10,11). The average molecular weight is 204 g/mol. The van der Waals surface area contributed by atoms with E-state index in [1.807, 2.05) is 13.8 Å². The van der Waals surface area contributed by atoms with Crippen molar-refractivity contribution in [1.82, 2.24) is 5.32 Å². The molecule has 0 aliphatic carbocycles. The summed E-state index contributed by atoms with van der Waals surface area (Å²) in [6.07, 6.45) is 0.702. The van der Waals surface area contributed by atoms with Gasteiger partial charge in [-0.1, -0.05) is 19.1 Å². The lowest BCUT2D eigenvalue weighted by Crippen LogP contribution is -2.44. The topological polar surface area (TPSA) is 64.3 Å². The molecule has 4 nitrogen and oxygen atoms in total. The molecule has 3 N–H and O–H groups in total. The maximum absolute atomic E-state index is 11.1. The number of carbonyl (C=O) groups excluding carboxylic acids is 1. The van der Waals surface area contributed by atoms with Gasteiger partial charge in [-0.05, 0) is 13.3 Å². The highest BCUT2D eigenvalue weighted by Gasteiger charge is 2.11. The summed E-state index contributed by atoms with van der Waals surface area (Å²) in [6.45, 7) is 4.33. The lowest BCUT2D eigenvalue weighted by atomic mass is 10.2. The van der Waals surface area contributed by atoms with E-state index >= 15 is 0 Å². The zero-order valence-corrected chi connectivity index (χ0v) is 8.82. The minimum atomic E-state index is -0.219. The Morgan fingerprint density at radius 3 is 2.62 bits per heavy atom.